The van der Waals surface area contributed by atoms with Gasteiger partial charge in [-0.2, -0.15) is 5.10 Å². The number of aromatic nitrogens is 3. The highest BCUT2D eigenvalue weighted by atomic mass is 35.5. The number of non-ortho nitro benzene ring substituents is 1. The lowest BCUT2D eigenvalue weighted by molar-refractivity contribution is -0.384. The van der Waals surface area contributed by atoms with E-state index in [1.54, 1.807) is 10.7 Å². The lowest BCUT2D eigenvalue weighted by Crippen LogP contribution is -2.30. The highest BCUT2D eigenvalue weighted by Gasteiger charge is 2.23. The van der Waals surface area contributed by atoms with Crippen molar-refractivity contribution in [2.45, 2.75) is 26.9 Å². The summed E-state index contributed by atoms with van der Waals surface area (Å²) in [5, 5.41) is 17.6. The monoisotopic (exact) mass is 443 g/mol. The van der Waals surface area contributed by atoms with E-state index in [9.17, 15) is 19.7 Å². The zero-order valence-corrected chi connectivity index (χ0v) is 17.6. The second-order valence-electron chi connectivity index (χ2n) is 6.68. The number of aryl methyl sites for hydroxylation is 2. The average molecular weight is 444 g/mol. The summed E-state index contributed by atoms with van der Waals surface area (Å²) >= 11 is 6.11. The molecule has 0 bridgehead atoms. The van der Waals surface area contributed by atoms with E-state index in [0.717, 1.165) is 11.4 Å². The molecule has 0 aliphatic rings. The van der Waals surface area contributed by atoms with Gasteiger partial charge < -0.3 is 10.1 Å². The Balaban J connectivity index is 1.71. The van der Waals surface area contributed by atoms with Crippen LogP contribution in [0.25, 0.3) is 5.82 Å². The molecule has 10 nitrogen and oxygen atoms in total. The van der Waals surface area contributed by atoms with Gasteiger partial charge in [-0.1, -0.05) is 11.6 Å². The lowest BCUT2D eigenvalue weighted by Gasteiger charge is -2.14. The van der Waals surface area contributed by atoms with Crippen LogP contribution in [0.2, 0.25) is 5.02 Å². The largest absolute Gasteiger partial charge is 0.448 e. The van der Waals surface area contributed by atoms with Crippen molar-refractivity contribution in [1.29, 1.82) is 0 Å². The first-order chi connectivity index (χ1) is 14.7. The molecule has 3 rings (SSSR count). The molecule has 1 unspecified atom stereocenters. The Morgan fingerprint density at radius 3 is 2.45 bits per heavy atom. The van der Waals surface area contributed by atoms with Gasteiger partial charge in [-0.05, 0) is 51.1 Å². The number of halogens is 1. The topological polar surface area (TPSA) is 129 Å². The van der Waals surface area contributed by atoms with Crippen LogP contribution in [0.5, 0.6) is 0 Å². The van der Waals surface area contributed by atoms with Crippen LogP contribution in [0.4, 0.5) is 11.4 Å². The Labute approximate surface area is 182 Å². The zero-order chi connectivity index (χ0) is 22.7. The first-order valence-corrected chi connectivity index (χ1v) is 9.50. The number of benzene rings is 1. The summed E-state index contributed by atoms with van der Waals surface area (Å²) in [6, 6.07) is 10.2. The molecule has 0 spiro atoms. The molecule has 0 saturated carbocycles. The molecule has 0 aliphatic carbocycles. The number of hydrogen-bond donors (Lipinski definition) is 1. The number of ether oxygens (including phenoxy) is 1. The van der Waals surface area contributed by atoms with E-state index in [1.807, 2.05) is 19.9 Å². The molecular weight excluding hydrogens is 426 g/mol. The zero-order valence-electron chi connectivity index (χ0n) is 16.8. The van der Waals surface area contributed by atoms with Crippen LogP contribution in [-0.4, -0.2) is 37.7 Å². The van der Waals surface area contributed by atoms with E-state index in [-0.39, 0.29) is 16.4 Å². The molecule has 31 heavy (non-hydrogen) atoms. The van der Waals surface area contributed by atoms with Crippen LogP contribution < -0.4 is 5.32 Å². The molecule has 0 radical (unpaired) electrons. The fraction of sp³-hybridized carbons (Fsp3) is 0.200. The number of nitro groups is 1. The number of carbonyl (C=O) groups is 2. The number of esters is 1. The van der Waals surface area contributed by atoms with E-state index in [0.29, 0.717) is 11.5 Å². The molecule has 1 atom stereocenters. The highest BCUT2D eigenvalue weighted by molar-refractivity contribution is 6.33. The van der Waals surface area contributed by atoms with Crippen molar-refractivity contribution in [2.75, 3.05) is 5.32 Å². The Hall–Kier alpha value is -3.79. The maximum Gasteiger partial charge on any atom is 0.359 e. The van der Waals surface area contributed by atoms with Crippen LogP contribution in [0.1, 0.15) is 28.8 Å². The normalized spacial score (nSPS) is 11.6. The number of nitro benzene ring substituents is 1. The third-order valence-electron chi connectivity index (χ3n) is 4.25. The van der Waals surface area contributed by atoms with Crippen LogP contribution in [0.3, 0.4) is 0 Å². The summed E-state index contributed by atoms with van der Waals surface area (Å²) < 4.78 is 6.77. The van der Waals surface area contributed by atoms with Crippen LogP contribution in [0, 0.1) is 24.0 Å². The van der Waals surface area contributed by atoms with Crippen molar-refractivity contribution in [2.24, 2.45) is 0 Å². The van der Waals surface area contributed by atoms with Gasteiger partial charge in [-0.15, -0.1) is 0 Å². The molecule has 2 aromatic heterocycles. The van der Waals surface area contributed by atoms with Gasteiger partial charge in [0, 0.05) is 23.5 Å². The second kappa shape index (κ2) is 8.92. The van der Waals surface area contributed by atoms with Crippen molar-refractivity contribution in [3.05, 3.63) is 74.7 Å². The van der Waals surface area contributed by atoms with Gasteiger partial charge in [0.05, 0.1) is 15.6 Å². The summed E-state index contributed by atoms with van der Waals surface area (Å²) in [7, 11) is 0. The van der Waals surface area contributed by atoms with E-state index in [2.05, 4.69) is 15.4 Å². The lowest BCUT2D eigenvalue weighted by atomic mass is 10.2. The van der Waals surface area contributed by atoms with E-state index < -0.39 is 22.9 Å². The minimum atomic E-state index is -1.17. The van der Waals surface area contributed by atoms with Crippen molar-refractivity contribution in [1.82, 2.24) is 14.8 Å². The number of amides is 1. The molecule has 1 N–H and O–H groups in total. The SMILES string of the molecule is Cc1cc(C)n(-c2ccc(Cl)c(C(=O)OC(C)C(=O)Nc3ccc([N+](=O)[O-])cc3)n2)n1. The summed E-state index contributed by atoms with van der Waals surface area (Å²) in [6.07, 6.45) is -1.17. The average Bonchev–Trinajstić information content (AvgIpc) is 3.06. The Bertz CT molecular complexity index is 1160. The van der Waals surface area contributed by atoms with Gasteiger partial charge in [0.25, 0.3) is 11.6 Å². The van der Waals surface area contributed by atoms with Gasteiger partial charge in [-0.25, -0.2) is 14.5 Å². The van der Waals surface area contributed by atoms with Gasteiger partial charge in [0.15, 0.2) is 17.6 Å². The summed E-state index contributed by atoms with van der Waals surface area (Å²) in [4.78, 5) is 39.3. The van der Waals surface area contributed by atoms with Gasteiger partial charge in [-0.3, -0.25) is 14.9 Å². The minimum absolute atomic E-state index is 0.0678. The predicted octanol–water partition coefficient (Wildman–Crippen LogP) is 3.63. The molecule has 2 heterocycles. The van der Waals surface area contributed by atoms with Crippen LogP contribution in [0.15, 0.2) is 42.5 Å². The number of carbonyl (C=O) groups excluding carboxylic acids is 2. The molecule has 160 valence electrons. The van der Waals surface area contributed by atoms with Gasteiger partial charge in [0.2, 0.25) is 0 Å². The maximum atomic E-state index is 12.6. The van der Waals surface area contributed by atoms with Crippen molar-refractivity contribution >= 4 is 34.9 Å². The van der Waals surface area contributed by atoms with Crippen molar-refractivity contribution in [3.8, 4) is 5.82 Å². The standard InChI is InChI=1S/C20H18ClN5O5/c1-11-10-12(2)25(24-11)17-9-8-16(21)18(23-17)20(28)31-13(3)19(27)22-14-4-6-15(7-5-14)26(29)30/h4-10,13H,1-3H3,(H,22,27). The fourth-order valence-corrected chi connectivity index (χ4v) is 2.92. The third-order valence-corrected chi connectivity index (χ3v) is 4.55. The van der Waals surface area contributed by atoms with Crippen molar-refractivity contribution in [3.63, 3.8) is 0 Å². The number of rotatable bonds is 6. The maximum absolute atomic E-state index is 12.6. The number of nitrogens with zero attached hydrogens (tertiary/aromatic N) is 4. The summed E-state index contributed by atoms with van der Waals surface area (Å²) in [6.45, 7) is 5.07. The first-order valence-electron chi connectivity index (χ1n) is 9.12. The fourth-order valence-electron chi connectivity index (χ4n) is 2.73. The molecule has 0 aliphatic heterocycles. The molecule has 11 heteroatoms. The Kier molecular flexibility index (Phi) is 6.30. The smallest absolute Gasteiger partial charge is 0.359 e. The quantitative estimate of drug-likeness (QED) is 0.349. The molecule has 0 fully saturated rings. The highest BCUT2D eigenvalue weighted by Crippen LogP contribution is 2.20. The second-order valence-corrected chi connectivity index (χ2v) is 7.09. The first kappa shape index (κ1) is 21.9. The molecular formula is C20H18ClN5O5. The Morgan fingerprint density at radius 1 is 1.19 bits per heavy atom. The number of nitrogens with one attached hydrogen (secondary N) is 1. The Morgan fingerprint density at radius 2 is 1.87 bits per heavy atom. The minimum Gasteiger partial charge on any atom is -0.448 e. The summed E-state index contributed by atoms with van der Waals surface area (Å²) in [5.41, 5.74) is 1.67. The van der Waals surface area contributed by atoms with Crippen LogP contribution >= 0.6 is 11.6 Å². The number of anilines is 1. The molecule has 1 amide bonds. The third kappa shape index (κ3) is 5.04. The molecule has 1 aromatic carbocycles. The van der Waals surface area contributed by atoms with E-state index >= 15 is 0 Å². The number of hydrogen-bond acceptors (Lipinski definition) is 7. The van der Waals surface area contributed by atoms with Crippen LogP contribution in [-0.2, 0) is 9.53 Å². The molecule has 3 aromatic rings. The number of pyridine rings is 1. The molecule has 0 saturated heterocycles. The van der Waals surface area contributed by atoms with E-state index in [4.69, 9.17) is 16.3 Å². The van der Waals surface area contributed by atoms with E-state index in [1.165, 1.54) is 37.3 Å². The predicted molar refractivity (Wildman–Crippen MR) is 112 cm³/mol. The summed E-state index contributed by atoms with van der Waals surface area (Å²) in [5.74, 6) is -1.11. The van der Waals surface area contributed by atoms with Gasteiger partial charge in [0.1, 0.15) is 0 Å². The van der Waals surface area contributed by atoms with Gasteiger partial charge >= 0.3 is 5.97 Å². The van der Waals surface area contributed by atoms with Crippen molar-refractivity contribution < 1.29 is 19.2 Å².